The van der Waals surface area contributed by atoms with Crippen LogP contribution in [0.15, 0.2) is 53.5 Å². The molecule has 32 heavy (non-hydrogen) atoms. The SMILES string of the molecule is CCNC(=NCc1ccc(N2CCOCC2)cc1)N1CCN(c2ccc(OC)cc2)CC1. The van der Waals surface area contributed by atoms with Crippen molar-refractivity contribution in [3.05, 3.63) is 54.1 Å². The highest BCUT2D eigenvalue weighted by molar-refractivity contribution is 5.80. The van der Waals surface area contributed by atoms with Gasteiger partial charge in [-0.15, -0.1) is 0 Å². The van der Waals surface area contributed by atoms with Crippen LogP contribution in [0.4, 0.5) is 11.4 Å². The molecule has 0 atom stereocenters. The van der Waals surface area contributed by atoms with Gasteiger partial charge in [0.05, 0.1) is 26.9 Å². The Kier molecular flexibility index (Phi) is 7.72. The second-order valence-corrected chi connectivity index (χ2v) is 8.11. The van der Waals surface area contributed by atoms with Crippen LogP contribution in [0.1, 0.15) is 12.5 Å². The van der Waals surface area contributed by atoms with Crippen molar-refractivity contribution in [2.45, 2.75) is 13.5 Å². The minimum atomic E-state index is 0.685. The van der Waals surface area contributed by atoms with Crippen molar-refractivity contribution in [2.24, 2.45) is 4.99 Å². The van der Waals surface area contributed by atoms with Gasteiger partial charge in [0.1, 0.15) is 5.75 Å². The molecule has 7 nitrogen and oxygen atoms in total. The Morgan fingerprint density at radius 1 is 0.875 bits per heavy atom. The van der Waals surface area contributed by atoms with Crippen LogP contribution in [0.5, 0.6) is 5.75 Å². The molecule has 2 heterocycles. The summed E-state index contributed by atoms with van der Waals surface area (Å²) in [6.45, 7) is 11.1. The summed E-state index contributed by atoms with van der Waals surface area (Å²) < 4.78 is 10.7. The molecular formula is C25H35N5O2. The zero-order chi connectivity index (χ0) is 22.2. The van der Waals surface area contributed by atoms with Gasteiger partial charge in [-0.25, -0.2) is 4.99 Å². The fraction of sp³-hybridized carbons (Fsp3) is 0.480. The van der Waals surface area contributed by atoms with Gasteiger partial charge in [-0.05, 0) is 48.9 Å². The number of hydrogen-bond acceptors (Lipinski definition) is 5. The lowest BCUT2D eigenvalue weighted by Crippen LogP contribution is -2.52. The van der Waals surface area contributed by atoms with E-state index in [1.54, 1.807) is 7.11 Å². The number of aliphatic imine (C=N–C) groups is 1. The van der Waals surface area contributed by atoms with Crippen LogP contribution >= 0.6 is 0 Å². The first-order valence-electron chi connectivity index (χ1n) is 11.6. The topological polar surface area (TPSA) is 52.6 Å². The Balaban J connectivity index is 1.33. The quantitative estimate of drug-likeness (QED) is 0.554. The lowest BCUT2D eigenvalue weighted by Gasteiger charge is -2.37. The van der Waals surface area contributed by atoms with Gasteiger partial charge in [-0.1, -0.05) is 12.1 Å². The van der Waals surface area contributed by atoms with Gasteiger partial charge in [-0.3, -0.25) is 0 Å². The fourth-order valence-corrected chi connectivity index (χ4v) is 4.20. The van der Waals surface area contributed by atoms with Crippen LogP contribution in [0, 0.1) is 0 Å². The number of ether oxygens (including phenoxy) is 2. The summed E-state index contributed by atoms with van der Waals surface area (Å²) in [5.74, 6) is 1.89. The van der Waals surface area contributed by atoms with Crippen molar-refractivity contribution in [1.82, 2.24) is 10.2 Å². The molecule has 0 spiro atoms. The number of guanidine groups is 1. The monoisotopic (exact) mass is 437 g/mol. The Morgan fingerprint density at radius 3 is 2.06 bits per heavy atom. The van der Waals surface area contributed by atoms with Gasteiger partial charge in [0.25, 0.3) is 0 Å². The third-order valence-corrected chi connectivity index (χ3v) is 6.08. The van der Waals surface area contributed by atoms with Crippen LogP contribution in [0.2, 0.25) is 0 Å². The van der Waals surface area contributed by atoms with Crippen LogP contribution in [0.3, 0.4) is 0 Å². The minimum absolute atomic E-state index is 0.685. The smallest absolute Gasteiger partial charge is 0.194 e. The second kappa shape index (κ2) is 11.1. The molecule has 2 aliphatic heterocycles. The van der Waals surface area contributed by atoms with E-state index >= 15 is 0 Å². The molecule has 2 saturated heterocycles. The van der Waals surface area contributed by atoms with Crippen molar-refractivity contribution >= 4 is 17.3 Å². The highest BCUT2D eigenvalue weighted by Gasteiger charge is 2.20. The lowest BCUT2D eigenvalue weighted by molar-refractivity contribution is 0.122. The van der Waals surface area contributed by atoms with Gasteiger partial charge < -0.3 is 29.5 Å². The number of morpholine rings is 1. The molecule has 172 valence electrons. The van der Waals surface area contributed by atoms with E-state index in [0.717, 1.165) is 70.7 Å². The van der Waals surface area contributed by atoms with Gasteiger partial charge in [-0.2, -0.15) is 0 Å². The summed E-state index contributed by atoms with van der Waals surface area (Å²) in [7, 11) is 1.70. The Hall–Kier alpha value is -2.93. The first-order valence-corrected chi connectivity index (χ1v) is 11.6. The van der Waals surface area contributed by atoms with Gasteiger partial charge in [0.2, 0.25) is 0 Å². The number of nitrogens with one attached hydrogen (secondary N) is 1. The summed E-state index contributed by atoms with van der Waals surface area (Å²) >= 11 is 0. The number of nitrogens with zero attached hydrogens (tertiary/aromatic N) is 4. The largest absolute Gasteiger partial charge is 0.497 e. The summed E-state index contributed by atoms with van der Waals surface area (Å²) in [5, 5.41) is 3.47. The zero-order valence-electron chi connectivity index (χ0n) is 19.3. The highest BCUT2D eigenvalue weighted by Crippen LogP contribution is 2.21. The lowest BCUT2D eigenvalue weighted by atomic mass is 10.2. The second-order valence-electron chi connectivity index (χ2n) is 8.11. The Bertz CT molecular complexity index is 855. The maximum atomic E-state index is 5.45. The summed E-state index contributed by atoms with van der Waals surface area (Å²) in [6.07, 6.45) is 0. The Morgan fingerprint density at radius 2 is 1.47 bits per heavy atom. The molecule has 2 aromatic carbocycles. The number of methoxy groups -OCH3 is 1. The van der Waals surface area contributed by atoms with E-state index in [0.29, 0.717) is 6.54 Å². The molecule has 2 aliphatic rings. The third-order valence-electron chi connectivity index (χ3n) is 6.08. The van der Waals surface area contributed by atoms with Crippen LogP contribution < -0.4 is 19.9 Å². The number of hydrogen-bond donors (Lipinski definition) is 1. The van der Waals surface area contributed by atoms with Crippen molar-refractivity contribution in [1.29, 1.82) is 0 Å². The van der Waals surface area contributed by atoms with Crippen molar-refractivity contribution in [3.63, 3.8) is 0 Å². The highest BCUT2D eigenvalue weighted by atomic mass is 16.5. The van der Waals surface area contributed by atoms with Crippen LogP contribution in [-0.2, 0) is 11.3 Å². The standard InChI is InChI=1S/C25H35N5O2/c1-3-26-25(27-20-21-4-6-22(7-5-21)29-16-18-32-19-17-29)30-14-12-28(13-15-30)23-8-10-24(31-2)11-9-23/h4-11H,3,12-20H2,1-2H3,(H,26,27). The minimum Gasteiger partial charge on any atom is -0.497 e. The molecule has 0 bridgehead atoms. The maximum absolute atomic E-state index is 5.45. The zero-order valence-corrected chi connectivity index (χ0v) is 19.3. The number of piperazine rings is 1. The molecule has 0 amide bonds. The van der Waals surface area contributed by atoms with Crippen molar-refractivity contribution in [3.8, 4) is 5.75 Å². The Labute approximate surface area is 191 Å². The maximum Gasteiger partial charge on any atom is 0.194 e. The predicted molar refractivity (Wildman–Crippen MR) is 131 cm³/mol. The first-order chi connectivity index (χ1) is 15.8. The van der Waals surface area contributed by atoms with E-state index in [-0.39, 0.29) is 0 Å². The molecule has 0 aliphatic carbocycles. The molecule has 0 unspecified atom stereocenters. The number of anilines is 2. The summed E-state index contributed by atoms with van der Waals surface area (Å²) in [6, 6.07) is 17.1. The van der Waals surface area contributed by atoms with E-state index in [1.165, 1.54) is 16.9 Å². The van der Waals surface area contributed by atoms with Crippen LogP contribution in [-0.4, -0.2) is 77.0 Å². The van der Waals surface area contributed by atoms with Gasteiger partial charge >= 0.3 is 0 Å². The molecule has 7 heteroatoms. The van der Waals surface area contributed by atoms with E-state index in [4.69, 9.17) is 14.5 Å². The third kappa shape index (κ3) is 5.65. The van der Waals surface area contributed by atoms with E-state index in [1.807, 2.05) is 12.1 Å². The van der Waals surface area contributed by atoms with Crippen molar-refractivity contribution < 1.29 is 9.47 Å². The molecule has 4 rings (SSSR count). The van der Waals surface area contributed by atoms with Crippen molar-refractivity contribution in [2.75, 3.05) is 75.9 Å². The summed E-state index contributed by atoms with van der Waals surface area (Å²) in [5.41, 5.74) is 3.74. The van der Waals surface area contributed by atoms with E-state index < -0.39 is 0 Å². The number of benzene rings is 2. The molecule has 0 aromatic heterocycles. The van der Waals surface area contributed by atoms with Gasteiger partial charge in [0.15, 0.2) is 5.96 Å². The average molecular weight is 438 g/mol. The molecule has 1 N–H and O–H groups in total. The normalized spacial score (nSPS) is 17.4. The molecular weight excluding hydrogens is 402 g/mol. The first kappa shape index (κ1) is 22.3. The summed E-state index contributed by atoms with van der Waals surface area (Å²) in [4.78, 5) is 12.1. The predicted octanol–water partition coefficient (Wildman–Crippen LogP) is 2.82. The molecule has 2 aromatic rings. The molecule has 2 fully saturated rings. The van der Waals surface area contributed by atoms with Crippen LogP contribution in [0.25, 0.3) is 0 Å². The van der Waals surface area contributed by atoms with E-state index in [9.17, 15) is 0 Å². The molecule has 0 radical (unpaired) electrons. The average Bonchev–Trinajstić information content (AvgIpc) is 2.87. The fourth-order valence-electron chi connectivity index (χ4n) is 4.20. The van der Waals surface area contributed by atoms with E-state index in [2.05, 4.69) is 63.3 Å². The van der Waals surface area contributed by atoms with Gasteiger partial charge in [0, 0.05) is 57.2 Å². The number of rotatable bonds is 6. The molecule has 0 saturated carbocycles.